The summed E-state index contributed by atoms with van der Waals surface area (Å²) in [5, 5.41) is 0. The first-order chi connectivity index (χ1) is 7.27. The lowest BCUT2D eigenvalue weighted by Gasteiger charge is -2.06. The molecule has 0 aliphatic carbocycles. The summed E-state index contributed by atoms with van der Waals surface area (Å²) in [5.74, 6) is 0.508. The first-order valence-electron chi connectivity index (χ1n) is 5.12. The fourth-order valence-electron chi connectivity index (χ4n) is 1.46. The molecule has 2 nitrogen and oxygen atoms in total. The van der Waals surface area contributed by atoms with Crippen molar-refractivity contribution in [2.45, 2.75) is 19.8 Å². The molecule has 2 aromatic rings. The molecule has 76 valence electrons. The van der Waals surface area contributed by atoms with Crippen LogP contribution in [0.4, 0.5) is 0 Å². The molecule has 15 heavy (non-hydrogen) atoms. The topological polar surface area (TPSA) is 25.8 Å². The first-order valence-corrected chi connectivity index (χ1v) is 5.12. The maximum Gasteiger partial charge on any atom is 0.0347 e. The van der Waals surface area contributed by atoms with Crippen molar-refractivity contribution < 1.29 is 0 Å². The Morgan fingerprint density at radius 2 is 1.80 bits per heavy atom. The Labute approximate surface area is 90.0 Å². The van der Waals surface area contributed by atoms with Crippen LogP contribution in [0.25, 0.3) is 11.1 Å². The average molecular weight is 198 g/mol. The molecule has 2 heteroatoms. The maximum absolute atomic E-state index is 4.25. The zero-order valence-corrected chi connectivity index (χ0v) is 9.01. The van der Waals surface area contributed by atoms with E-state index in [4.69, 9.17) is 0 Å². The molecule has 0 saturated heterocycles. The molecule has 0 aliphatic heterocycles. The van der Waals surface area contributed by atoms with Gasteiger partial charge >= 0.3 is 0 Å². The SMILES string of the molecule is CC(C)c1cncc(-c2cccnc2)c1. The third kappa shape index (κ3) is 2.21. The van der Waals surface area contributed by atoms with Gasteiger partial charge in [-0.05, 0) is 23.6 Å². The Balaban J connectivity index is 2.42. The standard InChI is InChI=1S/C13H14N2/c1-10(2)12-6-13(9-15-8-12)11-4-3-5-14-7-11/h3-10H,1-2H3. The van der Waals surface area contributed by atoms with E-state index in [0.29, 0.717) is 5.92 Å². The van der Waals surface area contributed by atoms with Gasteiger partial charge in [-0.3, -0.25) is 9.97 Å². The third-order valence-electron chi connectivity index (χ3n) is 2.42. The van der Waals surface area contributed by atoms with Crippen molar-refractivity contribution in [3.63, 3.8) is 0 Å². The van der Waals surface area contributed by atoms with Gasteiger partial charge in [0.1, 0.15) is 0 Å². The second kappa shape index (κ2) is 4.22. The second-order valence-electron chi connectivity index (χ2n) is 3.90. The number of hydrogen-bond donors (Lipinski definition) is 0. The van der Waals surface area contributed by atoms with Gasteiger partial charge in [-0.2, -0.15) is 0 Å². The summed E-state index contributed by atoms with van der Waals surface area (Å²) < 4.78 is 0. The van der Waals surface area contributed by atoms with Crippen molar-refractivity contribution in [3.8, 4) is 11.1 Å². The zero-order valence-electron chi connectivity index (χ0n) is 9.01. The molecule has 0 radical (unpaired) electrons. The van der Waals surface area contributed by atoms with Gasteiger partial charge < -0.3 is 0 Å². The molecule has 0 aromatic carbocycles. The molecule has 0 aliphatic rings. The van der Waals surface area contributed by atoms with Gasteiger partial charge in [-0.1, -0.05) is 19.9 Å². The van der Waals surface area contributed by atoms with Gasteiger partial charge in [0.25, 0.3) is 0 Å². The van der Waals surface area contributed by atoms with Crippen molar-refractivity contribution in [1.29, 1.82) is 0 Å². The molecule has 0 amide bonds. The Bertz CT molecular complexity index is 435. The van der Waals surface area contributed by atoms with E-state index in [1.54, 1.807) is 6.20 Å². The van der Waals surface area contributed by atoms with E-state index in [1.807, 2.05) is 30.7 Å². The molecule has 2 aromatic heterocycles. The van der Waals surface area contributed by atoms with Crippen LogP contribution in [0.15, 0.2) is 43.0 Å². The summed E-state index contributed by atoms with van der Waals surface area (Å²) in [6.45, 7) is 4.34. The first kappa shape index (κ1) is 9.84. The van der Waals surface area contributed by atoms with Crippen LogP contribution in [0.5, 0.6) is 0 Å². The number of aromatic nitrogens is 2. The zero-order chi connectivity index (χ0) is 10.7. The molecule has 0 saturated carbocycles. The van der Waals surface area contributed by atoms with Crippen LogP contribution in [0, 0.1) is 0 Å². The van der Waals surface area contributed by atoms with Gasteiger partial charge in [-0.25, -0.2) is 0 Å². The number of pyridine rings is 2. The summed E-state index contributed by atoms with van der Waals surface area (Å²) in [6.07, 6.45) is 7.44. The quantitative estimate of drug-likeness (QED) is 0.740. The second-order valence-corrected chi connectivity index (χ2v) is 3.90. The van der Waals surface area contributed by atoms with Crippen LogP contribution in [-0.2, 0) is 0 Å². The van der Waals surface area contributed by atoms with E-state index >= 15 is 0 Å². The predicted octanol–water partition coefficient (Wildman–Crippen LogP) is 3.27. The monoisotopic (exact) mass is 198 g/mol. The molecular formula is C13H14N2. The van der Waals surface area contributed by atoms with Gasteiger partial charge in [0.05, 0.1) is 0 Å². The highest BCUT2D eigenvalue weighted by molar-refractivity contribution is 5.61. The van der Waals surface area contributed by atoms with Gasteiger partial charge in [0.2, 0.25) is 0 Å². The van der Waals surface area contributed by atoms with E-state index in [-0.39, 0.29) is 0 Å². The largest absolute Gasteiger partial charge is 0.264 e. The number of rotatable bonds is 2. The predicted molar refractivity (Wildman–Crippen MR) is 61.6 cm³/mol. The molecule has 2 rings (SSSR count). The molecular weight excluding hydrogens is 184 g/mol. The van der Waals surface area contributed by atoms with Crippen molar-refractivity contribution in [2.24, 2.45) is 0 Å². The van der Waals surface area contributed by atoms with Crippen molar-refractivity contribution in [2.75, 3.05) is 0 Å². The van der Waals surface area contributed by atoms with Crippen molar-refractivity contribution in [3.05, 3.63) is 48.5 Å². The number of hydrogen-bond acceptors (Lipinski definition) is 2. The van der Waals surface area contributed by atoms with Gasteiger partial charge in [-0.15, -0.1) is 0 Å². The van der Waals surface area contributed by atoms with Crippen LogP contribution in [0.3, 0.4) is 0 Å². The highest BCUT2D eigenvalue weighted by Crippen LogP contribution is 2.21. The highest BCUT2D eigenvalue weighted by Gasteiger charge is 2.02. The molecule has 2 heterocycles. The molecule has 0 fully saturated rings. The average Bonchev–Trinajstić information content (AvgIpc) is 2.30. The Morgan fingerprint density at radius 1 is 1.00 bits per heavy atom. The van der Waals surface area contributed by atoms with Crippen LogP contribution < -0.4 is 0 Å². The normalized spacial score (nSPS) is 10.6. The summed E-state index contributed by atoms with van der Waals surface area (Å²) in [6, 6.07) is 6.17. The Kier molecular flexibility index (Phi) is 2.77. The lowest BCUT2D eigenvalue weighted by molar-refractivity contribution is 0.859. The molecule has 0 bridgehead atoms. The maximum atomic E-state index is 4.25. The fourth-order valence-corrected chi connectivity index (χ4v) is 1.46. The van der Waals surface area contributed by atoms with E-state index in [1.165, 1.54) is 5.56 Å². The lowest BCUT2D eigenvalue weighted by atomic mass is 10.0. The highest BCUT2D eigenvalue weighted by atomic mass is 14.6. The van der Waals surface area contributed by atoms with E-state index in [0.717, 1.165) is 11.1 Å². The van der Waals surface area contributed by atoms with Crippen LogP contribution in [0.2, 0.25) is 0 Å². The molecule has 0 N–H and O–H groups in total. The minimum absolute atomic E-state index is 0.508. The Hall–Kier alpha value is -1.70. The lowest BCUT2D eigenvalue weighted by Crippen LogP contribution is -1.90. The fraction of sp³-hybridized carbons (Fsp3) is 0.231. The Morgan fingerprint density at radius 3 is 2.47 bits per heavy atom. The van der Waals surface area contributed by atoms with E-state index < -0.39 is 0 Å². The van der Waals surface area contributed by atoms with Gasteiger partial charge in [0, 0.05) is 35.9 Å². The molecule has 0 unspecified atom stereocenters. The molecule has 0 atom stereocenters. The minimum atomic E-state index is 0.508. The van der Waals surface area contributed by atoms with Crippen LogP contribution >= 0.6 is 0 Å². The smallest absolute Gasteiger partial charge is 0.0347 e. The summed E-state index contributed by atoms with van der Waals surface area (Å²) >= 11 is 0. The van der Waals surface area contributed by atoms with Crippen molar-refractivity contribution >= 4 is 0 Å². The summed E-state index contributed by atoms with van der Waals surface area (Å²) in [4.78, 5) is 8.36. The summed E-state index contributed by atoms with van der Waals surface area (Å²) in [7, 11) is 0. The van der Waals surface area contributed by atoms with E-state index in [2.05, 4.69) is 29.9 Å². The van der Waals surface area contributed by atoms with Crippen LogP contribution in [0.1, 0.15) is 25.3 Å². The van der Waals surface area contributed by atoms with Gasteiger partial charge in [0.15, 0.2) is 0 Å². The van der Waals surface area contributed by atoms with E-state index in [9.17, 15) is 0 Å². The molecule has 0 spiro atoms. The third-order valence-corrected chi connectivity index (χ3v) is 2.42. The minimum Gasteiger partial charge on any atom is -0.264 e. The summed E-state index contributed by atoms with van der Waals surface area (Å²) in [5.41, 5.74) is 3.51. The number of nitrogens with zero attached hydrogens (tertiary/aromatic N) is 2. The van der Waals surface area contributed by atoms with Crippen molar-refractivity contribution in [1.82, 2.24) is 9.97 Å². The van der Waals surface area contributed by atoms with Crippen LogP contribution in [-0.4, -0.2) is 9.97 Å².